The van der Waals surface area contributed by atoms with Crippen LogP contribution in [0.15, 0.2) is 53.7 Å². The third-order valence-corrected chi connectivity index (χ3v) is 4.77. The number of rotatable bonds is 5. The lowest BCUT2D eigenvalue weighted by molar-refractivity contribution is 0.281. The van der Waals surface area contributed by atoms with Crippen molar-refractivity contribution in [1.82, 2.24) is 9.97 Å². The molecule has 6 heteroatoms. The maximum Gasteiger partial charge on any atom is 0.119 e. The van der Waals surface area contributed by atoms with Gasteiger partial charge in [0.25, 0.3) is 0 Å². The van der Waals surface area contributed by atoms with Crippen LogP contribution in [0.4, 0.5) is 0 Å². The first-order chi connectivity index (χ1) is 12.7. The number of hydrogen-bond donors (Lipinski definition) is 1. The summed E-state index contributed by atoms with van der Waals surface area (Å²) >= 11 is 1.49. The number of thioether (sulfide) groups is 1. The van der Waals surface area contributed by atoms with E-state index in [0.717, 1.165) is 16.2 Å². The van der Waals surface area contributed by atoms with E-state index in [2.05, 4.69) is 11.1 Å². The maximum absolute atomic E-state index is 9.79. The summed E-state index contributed by atoms with van der Waals surface area (Å²) in [7, 11) is 1.57. The zero-order valence-corrected chi connectivity index (χ0v) is 15.2. The highest BCUT2D eigenvalue weighted by molar-refractivity contribution is 7.98. The average Bonchev–Trinajstić information content (AvgIpc) is 2.72. The van der Waals surface area contributed by atoms with Gasteiger partial charge in [0, 0.05) is 28.4 Å². The monoisotopic (exact) mass is 363 g/mol. The molecule has 3 rings (SSSR count). The fraction of sp³-hybridized carbons (Fsp3) is 0.150. The van der Waals surface area contributed by atoms with Gasteiger partial charge in [0.2, 0.25) is 0 Å². The molecule has 1 N–H and O–H groups in total. The van der Waals surface area contributed by atoms with Crippen molar-refractivity contribution in [2.45, 2.75) is 11.5 Å². The lowest BCUT2D eigenvalue weighted by Gasteiger charge is -2.14. The molecular weight excluding hydrogens is 346 g/mol. The Bertz CT molecular complexity index is 969. The van der Waals surface area contributed by atoms with E-state index in [1.54, 1.807) is 31.6 Å². The van der Waals surface area contributed by atoms with Gasteiger partial charge in [-0.3, -0.25) is 4.98 Å². The van der Waals surface area contributed by atoms with Crippen LogP contribution in [0.2, 0.25) is 0 Å². The fourth-order valence-corrected chi connectivity index (χ4v) is 3.28. The molecule has 26 heavy (non-hydrogen) atoms. The average molecular weight is 363 g/mol. The Balaban J connectivity index is 2.28. The van der Waals surface area contributed by atoms with Crippen LogP contribution >= 0.6 is 11.8 Å². The molecule has 0 saturated heterocycles. The molecule has 3 aromatic rings. The van der Waals surface area contributed by atoms with Crippen LogP contribution in [0.1, 0.15) is 11.1 Å². The quantitative estimate of drug-likeness (QED) is 0.693. The number of nitrogens with zero attached hydrogens (tertiary/aromatic N) is 3. The first-order valence-electron chi connectivity index (χ1n) is 7.89. The minimum atomic E-state index is -0.176. The lowest BCUT2D eigenvalue weighted by atomic mass is 9.99. The molecule has 0 aliphatic rings. The Kier molecular flexibility index (Phi) is 5.52. The van der Waals surface area contributed by atoms with E-state index >= 15 is 0 Å². The van der Waals surface area contributed by atoms with Crippen molar-refractivity contribution >= 4 is 11.8 Å². The molecule has 2 aromatic heterocycles. The standard InChI is InChI=1S/C20H17N3O2S/c1-25-15-5-6-16(14(8-15)12-24)20-17(10-21)19(26-2)9-18(23-20)13-4-3-7-22-11-13/h3-9,11,24H,12H2,1-2H3. The van der Waals surface area contributed by atoms with Crippen LogP contribution < -0.4 is 4.74 Å². The topological polar surface area (TPSA) is 79.0 Å². The van der Waals surface area contributed by atoms with Gasteiger partial charge in [-0.25, -0.2) is 4.98 Å². The summed E-state index contributed by atoms with van der Waals surface area (Å²) in [4.78, 5) is 9.71. The van der Waals surface area contributed by atoms with Crippen molar-refractivity contribution in [3.05, 3.63) is 59.9 Å². The van der Waals surface area contributed by atoms with Gasteiger partial charge < -0.3 is 9.84 Å². The van der Waals surface area contributed by atoms with Gasteiger partial charge in [0.05, 0.1) is 30.7 Å². The zero-order valence-electron chi connectivity index (χ0n) is 14.4. The van der Waals surface area contributed by atoms with Gasteiger partial charge in [-0.1, -0.05) is 0 Å². The predicted molar refractivity (Wildman–Crippen MR) is 102 cm³/mol. The second-order valence-electron chi connectivity index (χ2n) is 5.47. The summed E-state index contributed by atoms with van der Waals surface area (Å²) in [6, 6.07) is 13.3. The summed E-state index contributed by atoms with van der Waals surface area (Å²) in [6.07, 6.45) is 5.37. The van der Waals surface area contributed by atoms with Crippen LogP contribution in [0.5, 0.6) is 5.75 Å². The number of aromatic nitrogens is 2. The van der Waals surface area contributed by atoms with Crippen molar-refractivity contribution < 1.29 is 9.84 Å². The third kappa shape index (κ3) is 3.40. The van der Waals surface area contributed by atoms with E-state index in [0.29, 0.717) is 28.1 Å². The Morgan fingerprint density at radius 1 is 1.27 bits per heavy atom. The van der Waals surface area contributed by atoms with E-state index in [-0.39, 0.29) is 6.61 Å². The van der Waals surface area contributed by atoms with Crippen molar-refractivity contribution in [1.29, 1.82) is 5.26 Å². The highest BCUT2D eigenvalue weighted by Gasteiger charge is 2.18. The molecule has 130 valence electrons. The van der Waals surface area contributed by atoms with Crippen molar-refractivity contribution in [3.63, 3.8) is 0 Å². The Labute approximate surface area is 156 Å². The van der Waals surface area contributed by atoms with Crippen LogP contribution in [-0.2, 0) is 6.61 Å². The van der Waals surface area contributed by atoms with Gasteiger partial charge in [0.1, 0.15) is 11.8 Å². The molecule has 0 aliphatic carbocycles. The lowest BCUT2D eigenvalue weighted by Crippen LogP contribution is -1.99. The second kappa shape index (κ2) is 8.00. The predicted octanol–water partition coefficient (Wildman–Crippen LogP) is 3.91. The van der Waals surface area contributed by atoms with Crippen molar-refractivity contribution in [2.75, 3.05) is 13.4 Å². The molecule has 5 nitrogen and oxygen atoms in total. The number of benzene rings is 1. The summed E-state index contributed by atoms with van der Waals surface area (Å²) in [5.41, 5.74) is 4.01. The molecule has 0 radical (unpaired) electrons. The Morgan fingerprint density at radius 2 is 2.12 bits per heavy atom. The van der Waals surface area contributed by atoms with E-state index in [4.69, 9.17) is 9.72 Å². The summed E-state index contributed by atoms with van der Waals surface area (Å²) in [6.45, 7) is -0.176. The highest BCUT2D eigenvalue weighted by Crippen LogP contribution is 2.35. The van der Waals surface area contributed by atoms with Crippen LogP contribution in [0, 0.1) is 11.3 Å². The first kappa shape index (κ1) is 17.9. The van der Waals surface area contributed by atoms with E-state index < -0.39 is 0 Å². The molecule has 0 spiro atoms. The molecule has 0 saturated carbocycles. The molecule has 0 atom stereocenters. The van der Waals surface area contributed by atoms with Crippen molar-refractivity contribution in [3.8, 4) is 34.3 Å². The van der Waals surface area contributed by atoms with Crippen LogP contribution in [-0.4, -0.2) is 28.4 Å². The molecule has 0 unspecified atom stereocenters. The van der Waals surface area contributed by atoms with Crippen LogP contribution in [0.25, 0.3) is 22.5 Å². The molecule has 0 amide bonds. The van der Waals surface area contributed by atoms with Gasteiger partial charge in [-0.2, -0.15) is 5.26 Å². The molecule has 0 aliphatic heterocycles. The number of pyridine rings is 2. The number of aliphatic hydroxyl groups excluding tert-OH is 1. The second-order valence-corrected chi connectivity index (χ2v) is 6.32. The Hall–Kier alpha value is -2.88. The van der Waals surface area contributed by atoms with Gasteiger partial charge in [0.15, 0.2) is 0 Å². The van der Waals surface area contributed by atoms with Gasteiger partial charge >= 0.3 is 0 Å². The van der Waals surface area contributed by atoms with Gasteiger partial charge in [-0.15, -0.1) is 11.8 Å². The number of methoxy groups -OCH3 is 1. The summed E-state index contributed by atoms with van der Waals surface area (Å²) in [5, 5.41) is 19.5. The molecule has 0 fully saturated rings. The molecule has 2 heterocycles. The van der Waals surface area contributed by atoms with Gasteiger partial charge in [-0.05, 0) is 48.2 Å². The number of hydrogen-bond acceptors (Lipinski definition) is 6. The Morgan fingerprint density at radius 3 is 2.73 bits per heavy atom. The smallest absolute Gasteiger partial charge is 0.119 e. The molecule has 0 bridgehead atoms. The van der Waals surface area contributed by atoms with E-state index in [9.17, 15) is 10.4 Å². The van der Waals surface area contributed by atoms with E-state index in [1.807, 2.05) is 30.5 Å². The maximum atomic E-state index is 9.79. The number of aliphatic hydroxyl groups is 1. The minimum Gasteiger partial charge on any atom is -0.497 e. The van der Waals surface area contributed by atoms with Crippen molar-refractivity contribution in [2.24, 2.45) is 0 Å². The highest BCUT2D eigenvalue weighted by atomic mass is 32.2. The molecular formula is C20H17N3O2S. The summed E-state index contributed by atoms with van der Waals surface area (Å²) in [5.74, 6) is 0.643. The first-order valence-corrected chi connectivity index (χ1v) is 9.12. The fourth-order valence-electron chi connectivity index (χ4n) is 2.71. The minimum absolute atomic E-state index is 0.176. The summed E-state index contributed by atoms with van der Waals surface area (Å²) < 4.78 is 5.23. The number of ether oxygens (including phenoxy) is 1. The largest absolute Gasteiger partial charge is 0.497 e. The van der Waals surface area contributed by atoms with E-state index in [1.165, 1.54) is 11.8 Å². The van der Waals surface area contributed by atoms with Crippen LogP contribution in [0.3, 0.4) is 0 Å². The molecule has 1 aromatic carbocycles. The number of nitriles is 1. The third-order valence-electron chi connectivity index (χ3n) is 4.01. The zero-order chi connectivity index (χ0) is 18.5. The SMILES string of the molecule is COc1ccc(-c2nc(-c3cccnc3)cc(SC)c2C#N)c(CO)c1. The normalized spacial score (nSPS) is 10.4.